The Hall–Kier alpha value is -0.770. The van der Waals surface area contributed by atoms with Crippen LogP contribution in [0.5, 0.6) is 0 Å². The fourth-order valence-electron chi connectivity index (χ4n) is 1.53. The standard InChI is InChI=1S/C14H20Cl2N2O/c1-4-11-5-7-12(8-6-11)13(19)17-18(16)14(2,3)9-10-15/h5-8H,4,9-10H2,1-3H3,(H,17,19). The summed E-state index contributed by atoms with van der Waals surface area (Å²) in [4.78, 5) is 12.0. The zero-order valence-corrected chi connectivity index (χ0v) is 13.1. The number of hydrogen-bond donors (Lipinski definition) is 1. The van der Waals surface area contributed by atoms with Crippen molar-refractivity contribution in [3.8, 4) is 0 Å². The largest absolute Gasteiger partial charge is 0.270 e. The van der Waals surface area contributed by atoms with Gasteiger partial charge in [-0.15, -0.1) is 16.1 Å². The number of amides is 1. The summed E-state index contributed by atoms with van der Waals surface area (Å²) in [5, 5.41) is 0. The van der Waals surface area contributed by atoms with Crippen LogP contribution in [0.1, 0.15) is 43.1 Å². The van der Waals surface area contributed by atoms with Crippen LogP contribution in [0.2, 0.25) is 0 Å². The number of carbonyl (C=O) groups excluding carboxylic acids is 1. The number of hydrogen-bond acceptors (Lipinski definition) is 2. The van der Waals surface area contributed by atoms with Crippen molar-refractivity contribution in [2.75, 3.05) is 5.88 Å². The van der Waals surface area contributed by atoms with Crippen LogP contribution in [0.4, 0.5) is 0 Å². The van der Waals surface area contributed by atoms with E-state index in [1.54, 1.807) is 12.1 Å². The Morgan fingerprint density at radius 1 is 1.32 bits per heavy atom. The SMILES string of the molecule is CCc1ccc(C(=O)NN(Cl)C(C)(C)CCCl)cc1. The van der Waals surface area contributed by atoms with E-state index in [9.17, 15) is 4.79 Å². The fraction of sp³-hybridized carbons (Fsp3) is 0.500. The predicted octanol–water partition coefficient (Wildman–Crippen LogP) is 3.76. The van der Waals surface area contributed by atoms with E-state index in [1.807, 2.05) is 26.0 Å². The van der Waals surface area contributed by atoms with Crippen LogP contribution in [0.15, 0.2) is 24.3 Å². The van der Waals surface area contributed by atoms with Gasteiger partial charge in [-0.2, -0.15) is 0 Å². The molecule has 0 radical (unpaired) electrons. The molecule has 0 spiro atoms. The summed E-state index contributed by atoms with van der Waals surface area (Å²) in [6.07, 6.45) is 1.62. The number of halogens is 2. The maximum absolute atomic E-state index is 12.0. The van der Waals surface area contributed by atoms with Crippen molar-refractivity contribution in [2.45, 2.75) is 39.2 Å². The lowest BCUT2D eigenvalue weighted by Gasteiger charge is -2.32. The summed E-state index contributed by atoms with van der Waals surface area (Å²) in [6.45, 7) is 5.91. The van der Waals surface area contributed by atoms with E-state index in [-0.39, 0.29) is 5.91 Å². The van der Waals surface area contributed by atoms with Crippen molar-refractivity contribution in [1.82, 2.24) is 9.95 Å². The monoisotopic (exact) mass is 302 g/mol. The van der Waals surface area contributed by atoms with Gasteiger partial charge in [0.1, 0.15) is 0 Å². The number of alkyl halides is 1. The lowest BCUT2D eigenvalue weighted by molar-refractivity contribution is 0.0783. The Kier molecular flexibility index (Phi) is 6.11. The highest BCUT2D eigenvalue weighted by Gasteiger charge is 2.26. The molecule has 0 aromatic heterocycles. The van der Waals surface area contributed by atoms with Crippen LogP contribution in [-0.2, 0) is 6.42 Å². The Morgan fingerprint density at radius 3 is 2.37 bits per heavy atom. The average molecular weight is 303 g/mol. The first-order valence-electron chi connectivity index (χ1n) is 6.32. The molecular formula is C14H20Cl2N2O. The summed E-state index contributed by atoms with van der Waals surface area (Å²) in [6, 6.07) is 7.48. The second-order valence-corrected chi connectivity index (χ2v) is 5.74. The van der Waals surface area contributed by atoms with Crippen LogP contribution in [0.25, 0.3) is 0 Å². The number of hydrazine groups is 1. The van der Waals surface area contributed by atoms with Crippen molar-refractivity contribution < 1.29 is 4.79 Å². The normalized spacial score (nSPS) is 11.7. The van der Waals surface area contributed by atoms with Crippen LogP contribution >= 0.6 is 23.4 Å². The molecule has 0 fully saturated rings. The van der Waals surface area contributed by atoms with Gasteiger partial charge in [0.05, 0.1) is 5.54 Å². The fourth-order valence-corrected chi connectivity index (χ4v) is 2.15. The summed E-state index contributed by atoms with van der Waals surface area (Å²) in [5.74, 6) is 0.261. The molecule has 1 aromatic carbocycles. The van der Waals surface area contributed by atoms with E-state index in [0.29, 0.717) is 17.9 Å². The molecule has 0 saturated carbocycles. The van der Waals surface area contributed by atoms with Crippen molar-refractivity contribution in [3.63, 3.8) is 0 Å². The van der Waals surface area contributed by atoms with E-state index in [1.165, 1.54) is 10.1 Å². The van der Waals surface area contributed by atoms with Crippen LogP contribution in [-0.4, -0.2) is 21.9 Å². The minimum atomic E-state index is -0.400. The lowest BCUT2D eigenvalue weighted by Crippen LogP contribution is -2.48. The number of aryl methyl sites for hydroxylation is 1. The molecular weight excluding hydrogens is 283 g/mol. The summed E-state index contributed by atoms with van der Waals surface area (Å²) in [7, 11) is 0. The van der Waals surface area contributed by atoms with Gasteiger partial charge in [-0.05, 0) is 44.4 Å². The van der Waals surface area contributed by atoms with Gasteiger partial charge in [0, 0.05) is 23.2 Å². The molecule has 0 saturated heterocycles. The van der Waals surface area contributed by atoms with Crippen molar-refractivity contribution >= 4 is 29.3 Å². The van der Waals surface area contributed by atoms with Crippen LogP contribution < -0.4 is 5.43 Å². The van der Waals surface area contributed by atoms with E-state index < -0.39 is 5.54 Å². The zero-order chi connectivity index (χ0) is 14.5. The highest BCUT2D eigenvalue weighted by atomic mass is 35.5. The van der Waals surface area contributed by atoms with Crippen molar-refractivity contribution in [1.29, 1.82) is 0 Å². The number of carbonyl (C=O) groups is 1. The summed E-state index contributed by atoms with van der Waals surface area (Å²) in [5.41, 5.74) is 4.04. The second-order valence-electron chi connectivity index (χ2n) is 5.02. The van der Waals surface area contributed by atoms with Crippen molar-refractivity contribution in [3.05, 3.63) is 35.4 Å². The molecule has 19 heavy (non-hydrogen) atoms. The highest BCUT2D eigenvalue weighted by molar-refractivity contribution is 6.18. The molecule has 1 aromatic rings. The molecule has 0 aliphatic heterocycles. The average Bonchev–Trinajstić information content (AvgIpc) is 2.38. The lowest BCUT2D eigenvalue weighted by atomic mass is 10.0. The van der Waals surface area contributed by atoms with Gasteiger partial charge >= 0.3 is 0 Å². The van der Waals surface area contributed by atoms with Crippen molar-refractivity contribution in [2.24, 2.45) is 0 Å². The number of nitrogens with zero attached hydrogens (tertiary/aromatic N) is 1. The van der Waals surface area contributed by atoms with Gasteiger partial charge in [0.25, 0.3) is 5.91 Å². The minimum Gasteiger partial charge on any atom is -0.270 e. The van der Waals surface area contributed by atoms with Crippen LogP contribution in [0, 0.1) is 0 Å². The molecule has 0 atom stereocenters. The zero-order valence-electron chi connectivity index (χ0n) is 11.5. The molecule has 0 aliphatic rings. The van der Waals surface area contributed by atoms with E-state index in [4.69, 9.17) is 23.4 Å². The minimum absolute atomic E-state index is 0.222. The van der Waals surface area contributed by atoms with Gasteiger partial charge in [0.15, 0.2) is 0 Å². The molecule has 5 heteroatoms. The van der Waals surface area contributed by atoms with Gasteiger partial charge in [-0.25, -0.2) is 0 Å². The first-order valence-corrected chi connectivity index (χ1v) is 7.20. The first kappa shape index (κ1) is 16.3. The molecule has 0 aliphatic carbocycles. The van der Waals surface area contributed by atoms with Gasteiger partial charge < -0.3 is 0 Å². The van der Waals surface area contributed by atoms with Gasteiger partial charge in [-0.1, -0.05) is 19.1 Å². The molecule has 106 valence electrons. The molecule has 1 N–H and O–H groups in total. The van der Waals surface area contributed by atoms with E-state index in [2.05, 4.69) is 12.3 Å². The summed E-state index contributed by atoms with van der Waals surface area (Å²) >= 11 is 11.8. The quantitative estimate of drug-likeness (QED) is 0.493. The third kappa shape index (κ3) is 4.68. The highest BCUT2D eigenvalue weighted by Crippen LogP contribution is 2.20. The third-order valence-corrected chi connectivity index (χ3v) is 3.79. The molecule has 3 nitrogen and oxygen atoms in total. The molecule has 0 bridgehead atoms. The molecule has 1 amide bonds. The third-order valence-electron chi connectivity index (χ3n) is 3.06. The maximum Gasteiger partial charge on any atom is 0.266 e. The van der Waals surface area contributed by atoms with Gasteiger partial charge in [0.2, 0.25) is 0 Å². The number of rotatable bonds is 6. The molecule has 0 heterocycles. The predicted molar refractivity (Wildman–Crippen MR) is 80.4 cm³/mol. The first-order chi connectivity index (χ1) is 8.90. The van der Waals surface area contributed by atoms with Gasteiger partial charge in [-0.3, -0.25) is 10.2 Å². The smallest absolute Gasteiger partial charge is 0.266 e. The Bertz CT molecular complexity index is 418. The van der Waals surface area contributed by atoms with Crippen LogP contribution in [0.3, 0.4) is 0 Å². The Morgan fingerprint density at radius 2 is 1.89 bits per heavy atom. The Balaban J connectivity index is 2.68. The number of nitrogens with one attached hydrogen (secondary N) is 1. The second kappa shape index (κ2) is 7.13. The van der Waals surface area contributed by atoms with E-state index in [0.717, 1.165) is 6.42 Å². The number of benzene rings is 1. The Labute approximate surface area is 125 Å². The topological polar surface area (TPSA) is 32.3 Å². The molecule has 0 unspecified atom stereocenters. The van der Waals surface area contributed by atoms with E-state index >= 15 is 0 Å². The maximum atomic E-state index is 12.0. The molecule has 1 rings (SSSR count). The summed E-state index contributed by atoms with van der Waals surface area (Å²) < 4.78 is 1.30.